The van der Waals surface area contributed by atoms with E-state index in [1.807, 2.05) is 5.48 Å². The molecule has 0 saturated carbocycles. The number of hydrogen-bond acceptors (Lipinski definition) is 5. The van der Waals surface area contributed by atoms with E-state index in [0.717, 1.165) is 0 Å². The van der Waals surface area contributed by atoms with Gasteiger partial charge in [-0.25, -0.2) is 10.3 Å². The fourth-order valence-electron chi connectivity index (χ4n) is 0.416. The molecule has 0 saturated heterocycles. The monoisotopic (exact) mass is 157 g/mol. The van der Waals surface area contributed by atoms with Crippen LogP contribution in [0.3, 0.4) is 0 Å². The van der Waals surface area contributed by atoms with Crippen LogP contribution >= 0.6 is 0 Å². The summed E-state index contributed by atoms with van der Waals surface area (Å²) in [6.45, 7) is 0. The summed E-state index contributed by atoms with van der Waals surface area (Å²) in [4.78, 5) is 14.9. The molecule has 1 aromatic rings. The molecule has 1 radical (unpaired) electrons. The topological polar surface area (TPSA) is 89.3 Å². The van der Waals surface area contributed by atoms with Crippen LogP contribution in [0, 0.1) is 6.39 Å². The molecule has 0 aliphatic rings. The van der Waals surface area contributed by atoms with Gasteiger partial charge in [0.2, 0.25) is 0 Å². The Morgan fingerprint density at radius 2 is 2.64 bits per heavy atom. The number of carbonyl (C=O) groups is 1. The molecule has 1 rings (SSSR count). The van der Waals surface area contributed by atoms with Gasteiger partial charge in [-0.2, -0.15) is 0 Å². The second-order valence-corrected chi connectivity index (χ2v) is 1.46. The lowest BCUT2D eigenvalue weighted by Gasteiger charge is -1.98. The number of hydroxylamine groups is 1. The van der Waals surface area contributed by atoms with Crippen LogP contribution in [0.25, 0.3) is 0 Å². The number of amides is 2. The third-order valence-electron chi connectivity index (χ3n) is 0.739. The molecule has 0 aliphatic carbocycles. The number of rotatable bonds is 2. The standard InChI is InChI=1S/C4H5N4O3/c1-10-8-3(9)6-4-7-5-2-11-4/h1H3,(H2,6,7,8,9). The zero-order valence-corrected chi connectivity index (χ0v) is 5.62. The quantitative estimate of drug-likeness (QED) is 0.567. The van der Waals surface area contributed by atoms with Crippen LogP contribution < -0.4 is 10.8 Å². The van der Waals surface area contributed by atoms with Gasteiger partial charge in [0.25, 0.3) is 0 Å². The van der Waals surface area contributed by atoms with E-state index >= 15 is 0 Å². The first-order valence-electron chi connectivity index (χ1n) is 2.62. The van der Waals surface area contributed by atoms with E-state index in [0.29, 0.717) is 0 Å². The van der Waals surface area contributed by atoms with Crippen molar-refractivity contribution >= 4 is 12.0 Å². The van der Waals surface area contributed by atoms with Gasteiger partial charge in [-0.1, -0.05) is 5.10 Å². The van der Waals surface area contributed by atoms with Gasteiger partial charge in [0.05, 0.1) is 7.11 Å². The maximum atomic E-state index is 10.6. The Kier molecular flexibility index (Phi) is 2.39. The lowest BCUT2D eigenvalue weighted by molar-refractivity contribution is 0.114. The number of nitrogens with zero attached hydrogens (tertiary/aromatic N) is 2. The van der Waals surface area contributed by atoms with Gasteiger partial charge >= 0.3 is 18.4 Å². The molecule has 0 fully saturated rings. The van der Waals surface area contributed by atoms with Crippen molar-refractivity contribution in [3.05, 3.63) is 6.39 Å². The summed E-state index contributed by atoms with van der Waals surface area (Å²) in [5.41, 5.74) is 1.99. The fraction of sp³-hybridized carbons (Fsp3) is 0.250. The molecule has 59 valence electrons. The number of anilines is 1. The van der Waals surface area contributed by atoms with E-state index in [1.165, 1.54) is 7.11 Å². The predicted molar refractivity (Wildman–Crippen MR) is 32.3 cm³/mol. The van der Waals surface area contributed by atoms with Gasteiger partial charge in [-0.05, 0) is 0 Å². The normalized spacial score (nSPS) is 9.18. The second kappa shape index (κ2) is 3.52. The minimum Gasteiger partial charge on any atom is -0.399 e. The van der Waals surface area contributed by atoms with Crippen molar-refractivity contribution in [3.8, 4) is 0 Å². The van der Waals surface area contributed by atoms with Gasteiger partial charge in [-0.15, -0.1) is 5.10 Å². The van der Waals surface area contributed by atoms with Crippen LogP contribution in [0.1, 0.15) is 0 Å². The molecule has 7 heteroatoms. The van der Waals surface area contributed by atoms with E-state index in [4.69, 9.17) is 0 Å². The van der Waals surface area contributed by atoms with E-state index < -0.39 is 6.03 Å². The molecule has 1 aromatic heterocycles. The van der Waals surface area contributed by atoms with Crippen LogP contribution in [0.4, 0.5) is 10.8 Å². The highest BCUT2D eigenvalue weighted by molar-refractivity contribution is 5.85. The molecule has 0 unspecified atom stereocenters. The molecular weight excluding hydrogens is 152 g/mol. The zero-order valence-electron chi connectivity index (χ0n) is 5.62. The largest absolute Gasteiger partial charge is 0.399 e. The summed E-state index contributed by atoms with van der Waals surface area (Å²) < 4.78 is 4.48. The third kappa shape index (κ3) is 2.22. The molecule has 7 nitrogen and oxygen atoms in total. The lowest BCUT2D eigenvalue weighted by atomic mass is 10.9. The Bertz CT molecular complexity index is 221. The third-order valence-corrected chi connectivity index (χ3v) is 0.739. The summed E-state index contributed by atoms with van der Waals surface area (Å²) in [6, 6.07) is -0.635. The van der Waals surface area contributed by atoms with Crippen LogP contribution in [0.5, 0.6) is 0 Å². The highest BCUT2D eigenvalue weighted by atomic mass is 16.6. The molecule has 1 heterocycles. The summed E-state index contributed by atoms with van der Waals surface area (Å²) in [6.07, 6.45) is 2.06. The van der Waals surface area contributed by atoms with Gasteiger partial charge in [0.15, 0.2) is 0 Å². The van der Waals surface area contributed by atoms with Crippen molar-refractivity contribution in [3.63, 3.8) is 0 Å². The van der Waals surface area contributed by atoms with Gasteiger partial charge in [-0.3, -0.25) is 10.2 Å². The van der Waals surface area contributed by atoms with Crippen LogP contribution in [0.15, 0.2) is 4.42 Å². The SMILES string of the molecule is CONC(=O)Nc1nn[c]o1. The molecule has 2 N–H and O–H groups in total. The summed E-state index contributed by atoms with van der Waals surface area (Å²) in [5.74, 6) is 0. The number of hydrogen-bond donors (Lipinski definition) is 2. The summed E-state index contributed by atoms with van der Waals surface area (Å²) in [5, 5.41) is 8.73. The minimum atomic E-state index is -0.592. The molecule has 0 bridgehead atoms. The first kappa shape index (κ1) is 7.48. The van der Waals surface area contributed by atoms with E-state index in [2.05, 4.69) is 31.2 Å². The zero-order chi connectivity index (χ0) is 8.10. The number of urea groups is 1. The van der Waals surface area contributed by atoms with E-state index in [9.17, 15) is 4.79 Å². The highest BCUT2D eigenvalue weighted by Gasteiger charge is 2.03. The smallest absolute Gasteiger partial charge is 0.346 e. The lowest BCUT2D eigenvalue weighted by Crippen LogP contribution is -2.27. The summed E-state index contributed by atoms with van der Waals surface area (Å²) in [7, 11) is 1.31. The van der Waals surface area contributed by atoms with Crippen molar-refractivity contribution in [2.75, 3.05) is 12.4 Å². The first-order chi connectivity index (χ1) is 5.33. The van der Waals surface area contributed by atoms with Gasteiger partial charge in [0, 0.05) is 0 Å². The van der Waals surface area contributed by atoms with Crippen molar-refractivity contribution in [2.24, 2.45) is 0 Å². The van der Waals surface area contributed by atoms with Crippen molar-refractivity contribution in [1.82, 2.24) is 15.7 Å². The average molecular weight is 157 g/mol. The molecule has 11 heavy (non-hydrogen) atoms. The maximum absolute atomic E-state index is 10.6. The number of carbonyl (C=O) groups excluding carboxylic acids is 1. The average Bonchev–Trinajstić information content (AvgIpc) is 2.40. The maximum Gasteiger partial charge on any atom is 0.346 e. The Labute approximate surface area is 61.7 Å². The van der Waals surface area contributed by atoms with E-state index in [-0.39, 0.29) is 6.01 Å². The first-order valence-corrected chi connectivity index (χ1v) is 2.62. The molecular formula is C4H5N4O3. The van der Waals surface area contributed by atoms with Crippen molar-refractivity contribution < 1.29 is 14.0 Å². The Hall–Kier alpha value is -1.63. The van der Waals surface area contributed by atoms with Gasteiger partial charge in [0.1, 0.15) is 0 Å². The van der Waals surface area contributed by atoms with Crippen LogP contribution in [-0.4, -0.2) is 23.3 Å². The van der Waals surface area contributed by atoms with Crippen LogP contribution in [0.2, 0.25) is 0 Å². The van der Waals surface area contributed by atoms with Crippen molar-refractivity contribution in [2.45, 2.75) is 0 Å². The molecule has 0 aromatic carbocycles. The molecule has 0 spiro atoms. The fourth-order valence-corrected chi connectivity index (χ4v) is 0.416. The molecule has 0 aliphatic heterocycles. The minimum absolute atomic E-state index is 0.0421. The Morgan fingerprint density at radius 3 is 3.18 bits per heavy atom. The number of aromatic nitrogens is 2. The predicted octanol–water partition coefficient (Wildman–Crippen LogP) is -0.447. The molecule has 0 atom stereocenters. The highest BCUT2D eigenvalue weighted by Crippen LogP contribution is 1.95. The van der Waals surface area contributed by atoms with E-state index in [1.54, 1.807) is 0 Å². The summed E-state index contributed by atoms with van der Waals surface area (Å²) >= 11 is 0. The molecule has 2 amide bonds. The Morgan fingerprint density at radius 1 is 1.82 bits per heavy atom. The van der Waals surface area contributed by atoms with Gasteiger partial charge < -0.3 is 4.42 Å². The number of nitrogens with one attached hydrogen (secondary N) is 2. The van der Waals surface area contributed by atoms with Crippen molar-refractivity contribution in [1.29, 1.82) is 0 Å². The Balaban J connectivity index is 2.37. The second-order valence-electron chi connectivity index (χ2n) is 1.46. The van der Waals surface area contributed by atoms with Crippen LogP contribution in [-0.2, 0) is 4.84 Å².